The van der Waals surface area contributed by atoms with Gasteiger partial charge in [-0.1, -0.05) is 12.1 Å². The molecule has 0 atom stereocenters. The van der Waals surface area contributed by atoms with Crippen molar-refractivity contribution in [2.24, 2.45) is 4.99 Å². The molecular weight excluding hydrogens is 497 g/mol. The first kappa shape index (κ1) is 24.0. The SMILES string of the molecule is CCOc1ccc(C2(CNC(=NC)NCc3sccc3C)CCOCC2)cc1.I. The number of ether oxygens (including phenoxy) is 2. The molecule has 1 aliphatic heterocycles. The minimum atomic E-state index is 0. The van der Waals surface area contributed by atoms with Gasteiger partial charge in [0.1, 0.15) is 5.75 Å². The number of halogens is 1. The van der Waals surface area contributed by atoms with E-state index in [1.54, 1.807) is 11.3 Å². The number of hydrogen-bond acceptors (Lipinski definition) is 4. The molecule has 7 heteroatoms. The zero-order valence-corrected chi connectivity index (χ0v) is 20.6. The Balaban J connectivity index is 0.00000300. The molecule has 1 aromatic carbocycles. The smallest absolute Gasteiger partial charge is 0.191 e. The second-order valence-electron chi connectivity index (χ2n) is 7.16. The summed E-state index contributed by atoms with van der Waals surface area (Å²) in [5.41, 5.74) is 2.69. The van der Waals surface area contributed by atoms with Crippen LogP contribution in [-0.4, -0.2) is 39.4 Å². The van der Waals surface area contributed by atoms with Gasteiger partial charge in [-0.3, -0.25) is 4.99 Å². The van der Waals surface area contributed by atoms with E-state index >= 15 is 0 Å². The fourth-order valence-corrected chi connectivity index (χ4v) is 4.47. The van der Waals surface area contributed by atoms with Crippen molar-refractivity contribution in [1.29, 1.82) is 0 Å². The minimum Gasteiger partial charge on any atom is -0.494 e. The van der Waals surface area contributed by atoms with Crippen molar-refractivity contribution >= 4 is 41.3 Å². The molecule has 1 aromatic heterocycles. The van der Waals surface area contributed by atoms with E-state index in [2.05, 4.69) is 58.3 Å². The Kier molecular flexibility index (Phi) is 9.71. The predicted molar refractivity (Wildman–Crippen MR) is 132 cm³/mol. The van der Waals surface area contributed by atoms with Crippen LogP contribution in [0.3, 0.4) is 0 Å². The largest absolute Gasteiger partial charge is 0.494 e. The quantitative estimate of drug-likeness (QED) is 0.316. The van der Waals surface area contributed by atoms with Crippen LogP contribution in [0, 0.1) is 6.92 Å². The van der Waals surface area contributed by atoms with Gasteiger partial charge in [-0.05, 0) is 61.4 Å². The standard InChI is InChI=1S/C22H31N3O2S.HI/c1-4-27-19-7-5-18(6-8-19)22(10-12-26-13-11-22)16-25-21(23-3)24-15-20-17(2)9-14-28-20;/h5-9,14H,4,10-13,15-16H2,1-3H3,(H2,23,24,25);1H. The van der Waals surface area contributed by atoms with Gasteiger partial charge in [0.15, 0.2) is 5.96 Å². The van der Waals surface area contributed by atoms with Crippen LogP contribution in [0.2, 0.25) is 0 Å². The summed E-state index contributed by atoms with van der Waals surface area (Å²) in [6.07, 6.45) is 1.99. The first-order chi connectivity index (χ1) is 13.7. The molecule has 5 nitrogen and oxygen atoms in total. The van der Waals surface area contributed by atoms with Crippen molar-refractivity contribution in [3.8, 4) is 5.75 Å². The molecule has 160 valence electrons. The lowest BCUT2D eigenvalue weighted by atomic mass is 9.74. The number of hydrogen-bond donors (Lipinski definition) is 2. The number of benzene rings is 1. The van der Waals surface area contributed by atoms with E-state index in [1.165, 1.54) is 16.0 Å². The van der Waals surface area contributed by atoms with Crippen molar-refractivity contribution in [3.05, 3.63) is 51.7 Å². The minimum absolute atomic E-state index is 0. The normalized spacial score (nSPS) is 16.0. The van der Waals surface area contributed by atoms with Crippen molar-refractivity contribution in [3.63, 3.8) is 0 Å². The van der Waals surface area contributed by atoms with Crippen LogP contribution in [-0.2, 0) is 16.7 Å². The summed E-state index contributed by atoms with van der Waals surface area (Å²) in [4.78, 5) is 5.76. The predicted octanol–water partition coefficient (Wildman–Crippen LogP) is 4.49. The Morgan fingerprint density at radius 1 is 1.17 bits per heavy atom. The molecule has 1 aliphatic rings. The van der Waals surface area contributed by atoms with Crippen LogP contribution < -0.4 is 15.4 Å². The number of nitrogens with one attached hydrogen (secondary N) is 2. The Bertz CT molecular complexity index is 771. The third-order valence-corrected chi connectivity index (χ3v) is 6.45. The van der Waals surface area contributed by atoms with E-state index < -0.39 is 0 Å². The number of thiophene rings is 1. The molecule has 2 heterocycles. The van der Waals surface area contributed by atoms with Crippen LogP contribution in [0.1, 0.15) is 35.8 Å². The van der Waals surface area contributed by atoms with Crippen molar-refractivity contribution < 1.29 is 9.47 Å². The molecule has 0 aliphatic carbocycles. The van der Waals surface area contributed by atoms with Crippen LogP contribution in [0.15, 0.2) is 40.7 Å². The topological polar surface area (TPSA) is 54.9 Å². The Morgan fingerprint density at radius 2 is 1.90 bits per heavy atom. The molecule has 1 saturated heterocycles. The third-order valence-electron chi connectivity index (χ3n) is 5.43. The number of aryl methyl sites for hydroxylation is 1. The molecule has 1 fully saturated rings. The fourth-order valence-electron chi connectivity index (χ4n) is 3.62. The summed E-state index contributed by atoms with van der Waals surface area (Å²) in [5.74, 6) is 1.76. The molecule has 0 bridgehead atoms. The van der Waals surface area contributed by atoms with Gasteiger partial charge in [0, 0.05) is 37.1 Å². The zero-order valence-electron chi connectivity index (χ0n) is 17.5. The summed E-state index contributed by atoms with van der Waals surface area (Å²) >= 11 is 1.78. The Morgan fingerprint density at radius 3 is 2.48 bits per heavy atom. The maximum absolute atomic E-state index is 5.65. The second-order valence-corrected chi connectivity index (χ2v) is 8.16. The van der Waals surface area contributed by atoms with Gasteiger partial charge in [-0.15, -0.1) is 35.3 Å². The fraction of sp³-hybridized carbons (Fsp3) is 0.500. The van der Waals surface area contributed by atoms with Crippen LogP contribution in [0.4, 0.5) is 0 Å². The summed E-state index contributed by atoms with van der Waals surface area (Å²) in [6, 6.07) is 10.7. The van der Waals surface area contributed by atoms with Gasteiger partial charge >= 0.3 is 0 Å². The number of nitrogens with zero attached hydrogens (tertiary/aromatic N) is 1. The van der Waals surface area contributed by atoms with Crippen molar-refractivity contribution in [2.45, 2.75) is 38.6 Å². The highest BCUT2D eigenvalue weighted by Crippen LogP contribution is 2.35. The van der Waals surface area contributed by atoms with E-state index in [4.69, 9.17) is 9.47 Å². The lowest BCUT2D eigenvalue weighted by Gasteiger charge is -2.38. The lowest BCUT2D eigenvalue weighted by Crippen LogP contribution is -2.47. The van der Waals surface area contributed by atoms with Crippen molar-refractivity contribution in [1.82, 2.24) is 10.6 Å². The number of rotatable bonds is 7. The molecule has 3 rings (SSSR count). The highest BCUT2D eigenvalue weighted by molar-refractivity contribution is 14.0. The molecule has 29 heavy (non-hydrogen) atoms. The third kappa shape index (κ3) is 6.33. The van der Waals surface area contributed by atoms with Gasteiger partial charge in [-0.25, -0.2) is 0 Å². The second kappa shape index (κ2) is 11.8. The van der Waals surface area contributed by atoms with E-state index in [1.807, 2.05) is 14.0 Å². The van der Waals surface area contributed by atoms with Gasteiger partial charge in [0.05, 0.1) is 13.2 Å². The molecule has 2 N–H and O–H groups in total. The van der Waals surface area contributed by atoms with Gasteiger partial charge in [0.25, 0.3) is 0 Å². The molecule has 0 spiro atoms. The van der Waals surface area contributed by atoms with Gasteiger partial charge in [-0.2, -0.15) is 0 Å². The first-order valence-corrected chi connectivity index (χ1v) is 10.8. The van der Waals surface area contributed by atoms with Gasteiger partial charge in [0.2, 0.25) is 0 Å². The van der Waals surface area contributed by atoms with Crippen LogP contribution in [0.5, 0.6) is 5.75 Å². The van der Waals surface area contributed by atoms with Crippen molar-refractivity contribution in [2.75, 3.05) is 33.4 Å². The van der Waals surface area contributed by atoms with Crippen LogP contribution in [0.25, 0.3) is 0 Å². The number of guanidine groups is 1. The van der Waals surface area contributed by atoms with E-state index in [-0.39, 0.29) is 29.4 Å². The monoisotopic (exact) mass is 529 g/mol. The summed E-state index contributed by atoms with van der Waals surface area (Å²) in [7, 11) is 1.82. The van der Waals surface area contributed by atoms with Crippen LogP contribution >= 0.6 is 35.3 Å². The Hall–Kier alpha value is -1.32. The molecule has 0 radical (unpaired) electrons. The lowest BCUT2D eigenvalue weighted by molar-refractivity contribution is 0.0513. The van der Waals surface area contributed by atoms with Gasteiger partial charge < -0.3 is 20.1 Å². The Labute approximate surface area is 195 Å². The first-order valence-electron chi connectivity index (χ1n) is 9.95. The average Bonchev–Trinajstić information content (AvgIpc) is 3.14. The van der Waals surface area contributed by atoms with E-state index in [0.29, 0.717) is 6.61 Å². The zero-order chi connectivity index (χ0) is 19.8. The number of aliphatic imine (C=N–C) groups is 1. The molecular formula is C22H32IN3O2S. The molecule has 0 amide bonds. The highest BCUT2D eigenvalue weighted by Gasteiger charge is 2.34. The summed E-state index contributed by atoms with van der Waals surface area (Å²) < 4.78 is 11.3. The van der Waals surface area contributed by atoms with E-state index in [0.717, 1.165) is 50.9 Å². The molecule has 2 aromatic rings. The molecule has 0 unspecified atom stereocenters. The summed E-state index contributed by atoms with van der Waals surface area (Å²) in [6.45, 7) is 8.03. The highest BCUT2D eigenvalue weighted by atomic mass is 127. The maximum atomic E-state index is 5.65. The summed E-state index contributed by atoms with van der Waals surface area (Å²) in [5, 5.41) is 9.13. The maximum Gasteiger partial charge on any atom is 0.191 e. The van der Waals surface area contributed by atoms with E-state index in [9.17, 15) is 0 Å². The average molecular weight is 529 g/mol. The molecule has 0 saturated carbocycles.